The van der Waals surface area contributed by atoms with Crippen molar-refractivity contribution in [3.05, 3.63) is 52.9 Å². The Kier molecular flexibility index (Phi) is 3.68. The number of hydrogen-bond acceptors (Lipinski definition) is 7. The quantitative estimate of drug-likeness (QED) is 0.544. The number of nitrogens with zero attached hydrogens (tertiary/aromatic N) is 6. The Balaban J connectivity index is 1.43. The molecule has 0 fully saturated rings. The third-order valence-corrected chi connectivity index (χ3v) is 5.59. The molecule has 0 saturated carbocycles. The van der Waals surface area contributed by atoms with Crippen LogP contribution in [0.25, 0.3) is 16.5 Å². The average Bonchev–Trinajstić information content (AvgIpc) is 3.22. The maximum absolute atomic E-state index is 6.08. The van der Waals surface area contributed by atoms with Gasteiger partial charge in [0, 0.05) is 18.8 Å². The molecule has 1 aromatic carbocycles. The zero-order valence-electron chi connectivity index (χ0n) is 15.1. The van der Waals surface area contributed by atoms with Crippen LogP contribution >= 0.6 is 11.3 Å². The molecular formula is C19H18N6OS. The highest BCUT2D eigenvalue weighted by Crippen LogP contribution is 2.34. The minimum atomic E-state index is -0.0845. The van der Waals surface area contributed by atoms with Gasteiger partial charge in [-0.15, -0.1) is 10.2 Å². The molecule has 1 aliphatic heterocycles. The normalized spacial score (nSPS) is 15.5. The zero-order chi connectivity index (χ0) is 18.4. The predicted octanol–water partition coefficient (Wildman–Crippen LogP) is 3.34. The number of aryl methyl sites for hydroxylation is 1. The summed E-state index contributed by atoms with van der Waals surface area (Å²) >= 11 is 1.54. The first-order valence-corrected chi connectivity index (χ1v) is 9.67. The second-order valence-corrected chi connectivity index (χ2v) is 8.33. The van der Waals surface area contributed by atoms with Gasteiger partial charge in [0.1, 0.15) is 22.1 Å². The molecule has 5 rings (SSSR count). The number of aromatic nitrogens is 6. The van der Waals surface area contributed by atoms with Gasteiger partial charge in [0.15, 0.2) is 0 Å². The maximum atomic E-state index is 6.08. The summed E-state index contributed by atoms with van der Waals surface area (Å²) in [5.41, 5.74) is 3.08. The molecule has 0 aliphatic carbocycles. The predicted molar refractivity (Wildman–Crippen MR) is 102 cm³/mol. The van der Waals surface area contributed by atoms with Crippen LogP contribution in [-0.4, -0.2) is 35.4 Å². The van der Waals surface area contributed by atoms with Crippen molar-refractivity contribution in [3.8, 4) is 17.3 Å². The van der Waals surface area contributed by atoms with Crippen molar-refractivity contribution in [2.24, 2.45) is 0 Å². The summed E-state index contributed by atoms with van der Waals surface area (Å²) in [6.45, 7) is 4.27. The fraction of sp³-hybridized carbons (Fsp3) is 0.316. The average molecular weight is 378 g/mol. The van der Waals surface area contributed by atoms with E-state index in [9.17, 15) is 0 Å². The molecule has 8 heteroatoms. The van der Waals surface area contributed by atoms with Crippen LogP contribution in [0.4, 0.5) is 0 Å². The van der Waals surface area contributed by atoms with Gasteiger partial charge in [-0.1, -0.05) is 23.5 Å². The Morgan fingerprint density at radius 2 is 2.15 bits per heavy atom. The van der Waals surface area contributed by atoms with Gasteiger partial charge in [0.2, 0.25) is 10.8 Å². The number of benzene rings is 1. The molecule has 4 heterocycles. The van der Waals surface area contributed by atoms with Gasteiger partial charge >= 0.3 is 0 Å². The molecular weight excluding hydrogens is 360 g/mol. The van der Waals surface area contributed by atoms with Gasteiger partial charge in [-0.25, -0.2) is 4.98 Å². The van der Waals surface area contributed by atoms with E-state index in [0.717, 1.165) is 35.0 Å². The number of hydrogen-bond donors (Lipinski definition) is 0. The van der Waals surface area contributed by atoms with E-state index in [0.29, 0.717) is 11.5 Å². The summed E-state index contributed by atoms with van der Waals surface area (Å²) in [5.74, 6) is 1.61. The molecule has 0 radical (unpaired) electrons. The second kappa shape index (κ2) is 6.09. The van der Waals surface area contributed by atoms with Crippen molar-refractivity contribution >= 4 is 16.3 Å². The van der Waals surface area contributed by atoms with Gasteiger partial charge in [-0.3, -0.25) is 4.98 Å². The van der Waals surface area contributed by atoms with Crippen LogP contribution in [0.15, 0.2) is 36.8 Å². The molecule has 27 heavy (non-hydrogen) atoms. The van der Waals surface area contributed by atoms with Gasteiger partial charge in [-0.05, 0) is 43.9 Å². The highest BCUT2D eigenvalue weighted by Gasteiger charge is 2.26. The van der Waals surface area contributed by atoms with Crippen LogP contribution in [-0.2, 0) is 12.8 Å². The highest BCUT2D eigenvalue weighted by molar-refractivity contribution is 7.16. The van der Waals surface area contributed by atoms with Crippen molar-refractivity contribution < 1.29 is 4.74 Å². The van der Waals surface area contributed by atoms with Crippen LogP contribution in [0.2, 0.25) is 0 Å². The van der Waals surface area contributed by atoms with E-state index in [-0.39, 0.29) is 5.60 Å². The summed E-state index contributed by atoms with van der Waals surface area (Å²) in [5, 5.41) is 14.1. The monoisotopic (exact) mass is 378 g/mol. The fourth-order valence-corrected chi connectivity index (χ4v) is 4.17. The Morgan fingerprint density at radius 3 is 3.00 bits per heavy atom. The summed E-state index contributed by atoms with van der Waals surface area (Å²) in [6.07, 6.45) is 7.76. The highest BCUT2D eigenvalue weighted by atomic mass is 32.1. The van der Waals surface area contributed by atoms with E-state index in [1.165, 1.54) is 11.1 Å². The van der Waals surface area contributed by atoms with Gasteiger partial charge in [-0.2, -0.15) is 9.61 Å². The van der Waals surface area contributed by atoms with E-state index in [1.54, 1.807) is 34.4 Å². The molecule has 4 aromatic rings. The van der Waals surface area contributed by atoms with E-state index in [2.05, 4.69) is 52.2 Å². The molecule has 0 N–H and O–H groups in total. The fourth-order valence-electron chi connectivity index (χ4n) is 3.30. The molecule has 0 spiro atoms. The van der Waals surface area contributed by atoms with Crippen LogP contribution in [0, 0.1) is 0 Å². The molecule has 136 valence electrons. The van der Waals surface area contributed by atoms with Crippen molar-refractivity contribution in [3.63, 3.8) is 0 Å². The van der Waals surface area contributed by atoms with Crippen LogP contribution in [0.1, 0.15) is 36.4 Å². The van der Waals surface area contributed by atoms with E-state index >= 15 is 0 Å². The molecule has 3 aromatic heterocycles. The first kappa shape index (κ1) is 16.3. The first-order chi connectivity index (χ1) is 13.1. The third-order valence-electron chi connectivity index (χ3n) is 4.69. The largest absolute Gasteiger partial charge is 0.488 e. The lowest BCUT2D eigenvalue weighted by Gasteiger charge is -2.32. The minimum Gasteiger partial charge on any atom is -0.488 e. The third kappa shape index (κ3) is 3.06. The van der Waals surface area contributed by atoms with Crippen molar-refractivity contribution in [2.75, 3.05) is 0 Å². The van der Waals surface area contributed by atoms with Gasteiger partial charge < -0.3 is 4.74 Å². The second-order valence-electron chi connectivity index (χ2n) is 7.29. The Morgan fingerprint density at radius 1 is 1.22 bits per heavy atom. The zero-order valence-corrected chi connectivity index (χ0v) is 15.9. The molecule has 0 amide bonds. The minimum absolute atomic E-state index is 0.0845. The summed E-state index contributed by atoms with van der Waals surface area (Å²) in [6, 6.07) is 6.43. The number of fused-ring (bicyclic) bond motifs is 2. The van der Waals surface area contributed by atoms with Crippen LogP contribution in [0.3, 0.4) is 0 Å². The summed E-state index contributed by atoms with van der Waals surface area (Å²) in [4.78, 5) is 9.14. The topological polar surface area (TPSA) is 78.1 Å². The smallest absolute Gasteiger partial charge is 0.235 e. The molecule has 0 bridgehead atoms. The van der Waals surface area contributed by atoms with Crippen molar-refractivity contribution in [2.45, 2.75) is 38.7 Å². The SMILES string of the molecule is CC1(C)CCc2cc(Cc3nn4c(-c5cnccn5)nnc4s3)ccc2O1. The van der Waals surface area contributed by atoms with Crippen molar-refractivity contribution in [1.82, 2.24) is 29.8 Å². The number of rotatable bonds is 3. The summed E-state index contributed by atoms with van der Waals surface area (Å²) in [7, 11) is 0. The Labute approximate surface area is 160 Å². The van der Waals surface area contributed by atoms with Crippen LogP contribution < -0.4 is 4.74 Å². The van der Waals surface area contributed by atoms with E-state index in [1.807, 2.05) is 0 Å². The molecule has 0 unspecified atom stereocenters. The van der Waals surface area contributed by atoms with Gasteiger partial charge in [0.25, 0.3) is 0 Å². The van der Waals surface area contributed by atoms with Crippen LogP contribution in [0.5, 0.6) is 5.75 Å². The van der Waals surface area contributed by atoms with E-state index < -0.39 is 0 Å². The lowest BCUT2D eigenvalue weighted by atomic mass is 9.93. The Bertz CT molecular complexity index is 1120. The van der Waals surface area contributed by atoms with Crippen molar-refractivity contribution in [1.29, 1.82) is 0 Å². The molecule has 0 atom stereocenters. The first-order valence-electron chi connectivity index (χ1n) is 8.86. The summed E-state index contributed by atoms with van der Waals surface area (Å²) < 4.78 is 7.82. The van der Waals surface area contributed by atoms with E-state index in [4.69, 9.17) is 9.84 Å². The lowest BCUT2D eigenvalue weighted by Crippen LogP contribution is -2.32. The lowest BCUT2D eigenvalue weighted by molar-refractivity contribution is 0.0846. The van der Waals surface area contributed by atoms with Gasteiger partial charge in [0.05, 0.1) is 6.20 Å². The maximum Gasteiger partial charge on any atom is 0.235 e. The number of ether oxygens (including phenoxy) is 1. The molecule has 0 saturated heterocycles. The molecule has 1 aliphatic rings. The Hall–Kier alpha value is -2.87. The molecule has 7 nitrogen and oxygen atoms in total. The standard InChI is InChI=1S/C19H18N6OS/c1-19(2)6-5-13-9-12(3-4-15(13)26-19)10-16-24-25-17(22-23-18(25)27-16)14-11-20-7-8-21-14/h3-4,7-9,11H,5-6,10H2,1-2H3.